The number of carbonyl (C=O) groups excluding carboxylic acids is 1. The monoisotopic (exact) mass is 272 g/mol. The molecule has 2 amide bonds. The Kier molecular flexibility index (Phi) is 4.82. The van der Waals surface area contributed by atoms with Gasteiger partial charge in [0.15, 0.2) is 0 Å². The highest BCUT2D eigenvalue weighted by atomic mass is 16.5. The molecule has 4 nitrogen and oxygen atoms in total. The van der Waals surface area contributed by atoms with Crippen LogP contribution in [0.25, 0.3) is 10.8 Å². The molecule has 20 heavy (non-hydrogen) atoms. The predicted molar refractivity (Wildman–Crippen MR) is 81.0 cm³/mol. The molecule has 2 aromatic rings. The van der Waals surface area contributed by atoms with Gasteiger partial charge in [-0.2, -0.15) is 0 Å². The lowest BCUT2D eigenvalue weighted by Gasteiger charge is -2.08. The van der Waals surface area contributed by atoms with Crippen LogP contribution < -0.4 is 15.4 Å². The molecule has 0 aliphatic carbocycles. The molecule has 4 heteroatoms. The van der Waals surface area contributed by atoms with Crippen LogP contribution in [0.5, 0.6) is 5.75 Å². The van der Waals surface area contributed by atoms with Crippen molar-refractivity contribution in [2.45, 2.75) is 19.9 Å². The minimum absolute atomic E-state index is 0.123. The number of benzene rings is 2. The number of hydrogen-bond donors (Lipinski definition) is 2. The number of carbonyl (C=O) groups is 1. The van der Waals surface area contributed by atoms with Gasteiger partial charge in [-0.05, 0) is 41.0 Å². The highest BCUT2D eigenvalue weighted by molar-refractivity contribution is 5.84. The number of urea groups is 1. The van der Waals surface area contributed by atoms with Crippen LogP contribution in [-0.4, -0.2) is 19.7 Å². The number of hydrogen-bond acceptors (Lipinski definition) is 2. The second-order valence-electron chi connectivity index (χ2n) is 4.66. The molecule has 0 fully saturated rings. The van der Waals surface area contributed by atoms with Crippen molar-refractivity contribution in [2.75, 3.05) is 13.7 Å². The molecular formula is C16H20N2O2. The van der Waals surface area contributed by atoms with Gasteiger partial charge in [-0.3, -0.25) is 0 Å². The van der Waals surface area contributed by atoms with E-state index in [2.05, 4.69) is 16.7 Å². The first-order valence-electron chi connectivity index (χ1n) is 6.81. The molecular weight excluding hydrogens is 252 g/mol. The minimum Gasteiger partial charge on any atom is -0.497 e. The fourth-order valence-corrected chi connectivity index (χ4v) is 1.99. The number of nitrogens with one attached hydrogen (secondary N) is 2. The smallest absolute Gasteiger partial charge is 0.315 e. The highest BCUT2D eigenvalue weighted by Gasteiger charge is 2.01. The summed E-state index contributed by atoms with van der Waals surface area (Å²) in [5, 5.41) is 7.90. The fourth-order valence-electron chi connectivity index (χ4n) is 1.99. The Morgan fingerprint density at radius 2 is 1.85 bits per heavy atom. The van der Waals surface area contributed by atoms with Gasteiger partial charge in [0.2, 0.25) is 0 Å². The summed E-state index contributed by atoms with van der Waals surface area (Å²) in [6.07, 6.45) is 0.936. The Labute approximate surface area is 119 Å². The van der Waals surface area contributed by atoms with Crippen LogP contribution in [0.2, 0.25) is 0 Å². The first-order valence-corrected chi connectivity index (χ1v) is 6.81. The first-order chi connectivity index (χ1) is 9.72. The third-order valence-corrected chi connectivity index (χ3v) is 3.10. The summed E-state index contributed by atoms with van der Waals surface area (Å²) in [6, 6.07) is 12.0. The summed E-state index contributed by atoms with van der Waals surface area (Å²) in [6.45, 7) is 3.25. The van der Waals surface area contributed by atoms with E-state index >= 15 is 0 Å². The van der Waals surface area contributed by atoms with Crippen LogP contribution in [0.3, 0.4) is 0 Å². The second-order valence-corrected chi connectivity index (χ2v) is 4.66. The maximum Gasteiger partial charge on any atom is 0.315 e. The van der Waals surface area contributed by atoms with E-state index in [0.29, 0.717) is 13.1 Å². The van der Waals surface area contributed by atoms with E-state index in [1.165, 1.54) is 0 Å². The summed E-state index contributed by atoms with van der Waals surface area (Å²) in [5.41, 5.74) is 1.08. The molecule has 2 rings (SSSR count). The standard InChI is InChI=1S/C16H20N2O2/c1-3-8-17-16(19)18-11-12-4-5-14-10-15(20-2)7-6-13(14)9-12/h4-7,9-10H,3,8,11H2,1-2H3,(H2,17,18,19). The molecule has 0 unspecified atom stereocenters. The normalized spacial score (nSPS) is 10.3. The Hall–Kier alpha value is -2.23. The molecule has 0 aliphatic heterocycles. The van der Waals surface area contributed by atoms with Gasteiger partial charge in [0.25, 0.3) is 0 Å². The summed E-state index contributed by atoms with van der Waals surface area (Å²) < 4.78 is 5.20. The third kappa shape index (κ3) is 3.63. The van der Waals surface area contributed by atoms with Gasteiger partial charge >= 0.3 is 6.03 Å². The molecule has 0 bridgehead atoms. The minimum atomic E-state index is -0.123. The van der Waals surface area contributed by atoms with Crippen molar-refractivity contribution in [3.8, 4) is 5.75 Å². The Bertz CT molecular complexity index is 596. The Morgan fingerprint density at radius 1 is 1.10 bits per heavy atom. The first kappa shape index (κ1) is 14.2. The molecule has 0 heterocycles. The van der Waals surface area contributed by atoms with Gasteiger partial charge in [-0.25, -0.2) is 4.79 Å². The number of methoxy groups -OCH3 is 1. The SMILES string of the molecule is CCCNC(=O)NCc1ccc2cc(OC)ccc2c1. The van der Waals surface area contributed by atoms with Crippen molar-refractivity contribution >= 4 is 16.8 Å². The van der Waals surface area contributed by atoms with Gasteiger partial charge in [0.1, 0.15) is 5.75 Å². The summed E-state index contributed by atoms with van der Waals surface area (Å²) >= 11 is 0. The van der Waals surface area contributed by atoms with E-state index in [1.807, 2.05) is 37.3 Å². The molecule has 0 aromatic heterocycles. The average Bonchev–Trinajstić information content (AvgIpc) is 2.50. The largest absolute Gasteiger partial charge is 0.497 e. The number of rotatable bonds is 5. The molecule has 106 valence electrons. The molecule has 0 saturated heterocycles. The van der Waals surface area contributed by atoms with E-state index in [0.717, 1.165) is 28.5 Å². The van der Waals surface area contributed by atoms with E-state index in [9.17, 15) is 4.79 Å². The molecule has 0 spiro atoms. The lowest BCUT2D eigenvalue weighted by atomic mass is 10.1. The van der Waals surface area contributed by atoms with Crippen LogP contribution in [-0.2, 0) is 6.54 Å². The van der Waals surface area contributed by atoms with E-state index in [-0.39, 0.29) is 6.03 Å². The van der Waals surface area contributed by atoms with Crippen LogP contribution in [0.15, 0.2) is 36.4 Å². The number of ether oxygens (including phenoxy) is 1. The lowest BCUT2D eigenvalue weighted by molar-refractivity contribution is 0.240. The summed E-state index contributed by atoms with van der Waals surface area (Å²) in [7, 11) is 1.66. The quantitative estimate of drug-likeness (QED) is 0.879. The van der Waals surface area contributed by atoms with Crippen molar-refractivity contribution in [3.05, 3.63) is 42.0 Å². The van der Waals surface area contributed by atoms with Crippen molar-refractivity contribution < 1.29 is 9.53 Å². The Balaban J connectivity index is 2.03. The zero-order valence-electron chi connectivity index (χ0n) is 11.9. The zero-order valence-corrected chi connectivity index (χ0v) is 11.9. The fraction of sp³-hybridized carbons (Fsp3) is 0.312. The van der Waals surface area contributed by atoms with Crippen molar-refractivity contribution in [2.24, 2.45) is 0 Å². The van der Waals surface area contributed by atoms with Gasteiger partial charge in [0.05, 0.1) is 7.11 Å². The highest BCUT2D eigenvalue weighted by Crippen LogP contribution is 2.21. The average molecular weight is 272 g/mol. The predicted octanol–water partition coefficient (Wildman–Crippen LogP) is 3.06. The molecule has 2 N–H and O–H groups in total. The van der Waals surface area contributed by atoms with E-state index < -0.39 is 0 Å². The Morgan fingerprint density at radius 3 is 2.60 bits per heavy atom. The second kappa shape index (κ2) is 6.80. The van der Waals surface area contributed by atoms with Crippen molar-refractivity contribution in [1.82, 2.24) is 10.6 Å². The van der Waals surface area contributed by atoms with Crippen LogP contribution in [0.1, 0.15) is 18.9 Å². The van der Waals surface area contributed by atoms with E-state index in [4.69, 9.17) is 4.74 Å². The van der Waals surface area contributed by atoms with Gasteiger partial charge in [0, 0.05) is 13.1 Å². The topological polar surface area (TPSA) is 50.4 Å². The zero-order chi connectivity index (χ0) is 14.4. The molecule has 2 aromatic carbocycles. The van der Waals surface area contributed by atoms with Crippen molar-refractivity contribution in [3.63, 3.8) is 0 Å². The van der Waals surface area contributed by atoms with Crippen LogP contribution >= 0.6 is 0 Å². The lowest BCUT2D eigenvalue weighted by Crippen LogP contribution is -2.35. The molecule has 0 atom stereocenters. The van der Waals surface area contributed by atoms with Crippen molar-refractivity contribution in [1.29, 1.82) is 0 Å². The number of amides is 2. The van der Waals surface area contributed by atoms with Gasteiger partial charge in [-0.1, -0.05) is 25.1 Å². The maximum absolute atomic E-state index is 11.5. The molecule has 0 radical (unpaired) electrons. The van der Waals surface area contributed by atoms with Gasteiger partial charge in [-0.15, -0.1) is 0 Å². The number of fused-ring (bicyclic) bond motifs is 1. The molecule has 0 aliphatic rings. The third-order valence-electron chi connectivity index (χ3n) is 3.10. The van der Waals surface area contributed by atoms with E-state index in [1.54, 1.807) is 7.11 Å². The summed E-state index contributed by atoms with van der Waals surface area (Å²) in [5.74, 6) is 0.849. The molecule has 0 saturated carbocycles. The maximum atomic E-state index is 11.5. The van der Waals surface area contributed by atoms with Crippen LogP contribution in [0, 0.1) is 0 Å². The van der Waals surface area contributed by atoms with Crippen LogP contribution in [0.4, 0.5) is 4.79 Å². The van der Waals surface area contributed by atoms with Gasteiger partial charge < -0.3 is 15.4 Å². The summed E-state index contributed by atoms with van der Waals surface area (Å²) in [4.78, 5) is 11.5.